The molecule has 1 aromatic carbocycles. The fourth-order valence-electron chi connectivity index (χ4n) is 1.24. The molecular formula is C10H14O4S. The molecule has 0 saturated carbocycles. The van der Waals surface area contributed by atoms with Gasteiger partial charge in [-0.15, -0.1) is 0 Å². The van der Waals surface area contributed by atoms with Gasteiger partial charge in [0.25, 0.3) is 0 Å². The average molecular weight is 230 g/mol. The lowest BCUT2D eigenvalue weighted by atomic mass is 10.1. The number of aliphatic hydroxyl groups is 1. The van der Waals surface area contributed by atoms with Crippen molar-refractivity contribution in [1.82, 2.24) is 0 Å². The zero-order chi connectivity index (χ0) is 11.6. The molecule has 4 nitrogen and oxygen atoms in total. The van der Waals surface area contributed by atoms with E-state index in [1.54, 1.807) is 6.07 Å². The lowest BCUT2D eigenvalue weighted by Gasteiger charge is -2.10. The molecule has 1 rings (SSSR count). The number of hydrogen-bond donors (Lipinski definition) is 1. The largest absolute Gasteiger partial charge is 0.495 e. The summed E-state index contributed by atoms with van der Waals surface area (Å²) in [4.78, 5) is 0.0376. The van der Waals surface area contributed by atoms with Crippen LogP contribution in [-0.4, -0.2) is 26.6 Å². The normalized spacial score (nSPS) is 11.5. The fraction of sp³-hybridized carbons (Fsp3) is 0.400. The molecule has 84 valence electrons. The van der Waals surface area contributed by atoms with Crippen molar-refractivity contribution in [3.8, 4) is 5.75 Å². The number of aryl methyl sites for hydroxylation is 2. The highest BCUT2D eigenvalue weighted by Crippen LogP contribution is 2.27. The highest BCUT2D eigenvalue weighted by atomic mass is 32.2. The predicted octanol–water partition coefficient (Wildman–Crippen LogP) is 1.04. The van der Waals surface area contributed by atoms with Crippen molar-refractivity contribution >= 4 is 9.84 Å². The summed E-state index contributed by atoms with van der Waals surface area (Å²) in [6.45, 7) is 3.68. The van der Waals surface area contributed by atoms with Crippen LogP contribution in [0.5, 0.6) is 5.75 Å². The lowest BCUT2D eigenvalue weighted by molar-refractivity contribution is 0.356. The monoisotopic (exact) mass is 230 g/mol. The van der Waals surface area contributed by atoms with Gasteiger partial charge in [-0.3, -0.25) is 0 Å². The number of methoxy groups -OCH3 is 1. The molecule has 0 fully saturated rings. The Morgan fingerprint density at radius 1 is 1.27 bits per heavy atom. The van der Waals surface area contributed by atoms with Crippen LogP contribution in [-0.2, 0) is 9.84 Å². The van der Waals surface area contributed by atoms with Crippen LogP contribution in [0.25, 0.3) is 0 Å². The molecule has 1 aromatic rings. The summed E-state index contributed by atoms with van der Waals surface area (Å²) in [5.41, 5.74) is 1.80. The number of sulfone groups is 1. The maximum Gasteiger partial charge on any atom is 0.205 e. The third kappa shape index (κ3) is 2.30. The van der Waals surface area contributed by atoms with Crippen molar-refractivity contribution in [2.24, 2.45) is 0 Å². The molecule has 0 aliphatic rings. The molecular weight excluding hydrogens is 216 g/mol. The number of benzene rings is 1. The first kappa shape index (κ1) is 12.0. The molecule has 0 unspecified atom stereocenters. The van der Waals surface area contributed by atoms with E-state index in [0.717, 1.165) is 11.1 Å². The molecule has 15 heavy (non-hydrogen) atoms. The number of ether oxygens (including phenoxy) is 1. The minimum atomic E-state index is -3.65. The summed E-state index contributed by atoms with van der Waals surface area (Å²) >= 11 is 0. The SMILES string of the molecule is COc1cc(C)c(C)cc1S(=O)(=O)CO. The van der Waals surface area contributed by atoms with Gasteiger partial charge in [0.15, 0.2) is 0 Å². The Labute approximate surface area is 89.4 Å². The predicted molar refractivity (Wildman–Crippen MR) is 56.7 cm³/mol. The van der Waals surface area contributed by atoms with E-state index in [1.807, 2.05) is 13.8 Å². The second-order valence-electron chi connectivity index (χ2n) is 3.33. The van der Waals surface area contributed by atoms with Crippen molar-refractivity contribution in [1.29, 1.82) is 0 Å². The van der Waals surface area contributed by atoms with Crippen molar-refractivity contribution in [3.63, 3.8) is 0 Å². The molecule has 0 aliphatic carbocycles. The Balaban J connectivity index is 3.48. The zero-order valence-corrected chi connectivity index (χ0v) is 9.76. The molecule has 0 aromatic heterocycles. The number of aliphatic hydroxyl groups excluding tert-OH is 1. The van der Waals surface area contributed by atoms with Crippen LogP contribution in [0.1, 0.15) is 11.1 Å². The first-order chi connectivity index (χ1) is 6.92. The summed E-state index contributed by atoms with van der Waals surface area (Å²) < 4.78 is 28.0. The molecule has 0 spiro atoms. The molecule has 0 aliphatic heterocycles. The minimum Gasteiger partial charge on any atom is -0.495 e. The highest BCUT2D eigenvalue weighted by molar-refractivity contribution is 7.91. The van der Waals surface area contributed by atoms with E-state index in [4.69, 9.17) is 9.84 Å². The van der Waals surface area contributed by atoms with Crippen LogP contribution in [0.2, 0.25) is 0 Å². The summed E-state index contributed by atoms with van der Waals surface area (Å²) in [6, 6.07) is 3.16. The van der Waals surface area contributed by atoms with E-state index in [-0.39, 0.29) is 10.6 Å². The third-order valence-electron chi connectivity index (χ3n) is 2.28. The molecule has 5 heteroatoms. The number of hydrogen-bond acceptors (Lipinski definition) is 4. The Kier molecular flexibility index (Phi) is 3.36. The molecule has 0 saturated heterocycles. The Bertz CT molecular complexity index is 463. The maximum atomic E-state index is 11.5. The lowest BCUT2D eigenvalue weighted by Crippen LogP contribution is -2.08. The van der Waals surface area contributed by atoms with Crippen molar-refractivity contribution in [2.75, 3.05) is 13.0 Å². The van der Waals surface area contributed by atoms with E-state index in [9.17, 15) is 8.42 Å². The van der Waals surface area contributed by atoms with Gasteiger partial charge in [0, 0.05) is 0 Å². The quantitative estimate of drug-likeness (QED) is 0.842. The summed E-state index contributed by atoms with van der Waals surface area (Å²) in [6.07, 6.45) is 0. The van der Waals surface area contributed by atoms with E-state index in [2.05, 4.69) is 0 Å². The Hall–Kier alpha value is -1.07. The van der Waals surface area contributed by atoms with Crippen LogP contribution < -0.4 is 4.74 Å². The Morgan fingerprint density at radius 3 is 2.27 bits per heavy atom. The van der Waals surface area contributed by atoms with Gasteiger partial charge in [-0.05, 0) is 37.1 Å². The van der Waals surface area contributed by atoms with E-state index in [0.29, 0.717) is 0 Å². The summed E-state index contributed by atoms with van der Waals surface area (Å²) in [7, 11) is -2.25. The van der Waals surface area contributed by atoms with Crippen LogP contribution in [0, 0.1) is 13.8 Å². The fourth-order valence-corrected chi connectivity index (χ4v) is 2.18. The van der Waals surface area contributed by atoms with Gasteiger partial charge in [-0.25, -0.2) is 8.42 Å². The topological polar surface area (TPSA) is 63.6 Å². The molecule has 0 amide bonds. The Morgan fingerprint density at radius 2 is 1.80 bits per heavy atom. The van der Waals surface area contributed by atoms with Crippen LogP contribution in [0.15, 0.2) is 17.0 Å². The van der Waals surface area contributed by atoms with Crippen molar-refractivity contribution in [3.05, 3.63) is 23.3 Å². The highest BCUT2D eigenvalue weighted by Gasteiger charge is 2.19. The molecule has 0 atom stereocenters. The van der Waals surface area contributed by atoms with Gasteiger partial charge < -0.3 is 9.84 Å². The van der Waals surface area contributed by atoms with E-state index >= 15 is 0 Å². The second-order valence-corrected chi connectivity index (χ2v) is 5.26. The standard InChI is InChI=1S/C10H14O4S/c1-7-4-9(14-3)10(5-8(7)2)15(12,13)6-11/h4-5,11H,6H2,1-3H3. The summed E-state index contributed by atoms with van der Waals surface area (Å²) in [5.74, 6) is -0.640. The van der Waals surface area contributed by atoms with Crippen molar-refractivity contribution < 1.29 is 18.3 Å². The molecule has 0 bridgehead atoms. The first-order valence-corrected chi connectivity index (χ1v) is 6.06. The van der Waals surface area contributed by atoms with Crippen LogP contribution >= 0.6 is 0 Å². The van der Waals surface area contributed by atoms with Crippen molar-refractivity contribution in [2.45, 2.75) is 18.7 Å². The van der Waals surface area contributed by atoms with E-state index < -0.39 is 15.8 Å². The molecule has 1 N–H and O–H groups in total. The number of rotatable bonds is 3. The summed E-state index contributed by atoms with van der Waals surface area (Å²) in [5, 5.41) is 8.78. The minimum absolute atomic E-state index is 0.0376. The first-order valence-electron chi connectivity index (χ1n) is 4.41. The molecule has 0 heterocycles. The maximum absolute atomic E-state index is 11.5. The average Bonchev–Trinajstić information content (AvgIpc) is 2.21. The van der Waals surface area contributed by atoms with Gasteiger partial charge >= 0.3 is 0 Å². The van der Waals surface area contributed by atoms with Crippen LogP contribution in [0.4, 0.5) is 0 Å². The van der Waals surface area contributed by atoms with E-state index in [1.165, 1.54) is 13.2 Å². The van der Waals surface area contributed by atoms with Gasteiger partial charge in [-0.1, -0.05) is 0 Å². The van der Waals surface area contributed by atoms with Gasteiger partial charge in [0.1, 0.15) is 16.6 Å². The van der Waals surface area contributed by atoms with Gasteiger partial charge in [0.05, 0.1) is 7.11 Å². The third-order valence-corrected chi connectivity index (χ3v) is 3.61. The second kappa shape index (κ2) is 4.20. The van der Waals surface area contributed by atoms with Crippen LogP contribution in [0.3, 0.4) is 0 Å². The smallest absolute Gasteiger partial charge is 0.205 e. The van der Waals surface area contributed by atoms with Gasteiger partial charge in [-0.2, -0.15) is 0 Å². The molecule has 0 radical (unpaired) electrons. The zero-order valence-electron chi connectivity index (χ0n) is 8.94. The van der Waals surface area contributed by atoms with Gasteiger partial charge in [0.2, 0.25) is 9.84 Å².